The molecule has 0 radical (unpaired) electrons. The van der Waals surface area contributed by atoms with Gasteiger partial charge < -0.3 is 28.8 Å². The highest BCUT2D eigenvalue weighted by Crippen LogP contribution is 2.70. The molecule has 2 N–H and O–H groups in total. The average molecular weight is 420 g/mol. The van der Waals surface area contributed by atoms with Gasteiger partial charge in [-0.05, 0) is 30.7 Å². The van der Waals surface area contributed by atoms with Crippen molar-refractivity contribution in [3.05, 3.63) is 24.2 Å². The number of hydrogen-bond acceptors (Lipinski definition) is 8. The summed E-state index contributed by atoms with van der Waals surface area (Å²) in [5.74, 6) is -1.39. The average Bonchev–Trinajstić information content (AvgIpc) is 3.12. The van der Waals surface area contributed by atoms with Gasteiger partial charge in [0.05, 0.1) is 42.2 Å². The van der Waals surface area contributed by atoms with E-state index in [1.165, 1.54) is 6.92 Å². The molecule has 8 heteroatoms. The lowest BCUT2D eigenvalue weighted by atomic mass is 9.42. The van der Waals surface area contributed by atoms with Crippen LogP contribution in [0.5, 0.6) is 0 Å². The number of aliphatic hydroxyl groups excluding tert-OH is 2. The third-order valence-corrected chi connectivity index (χ3v) is 8.29. The number of carbonyl (C=O) groups is 2. The summed E-state index contributed by atoms with van der Waals surface area (Å²) in [5, 5.41) is 22.1. The Morgan fingerprint density at radius 1 is 1.30 bits per heavy atom. The van der Waals surface area contributed by atoms with Crippen molar-refractivity contribution in [3.63, 3.8) is 0 Å². The van der Waals surface area contributed by atoms with Crippen LogP contribution in [0.4, 0.5) is 0 Å². The first-order valence-electron chi connectivity index (χ1n) is 10.6. The fourth-order valence-corrected chi connectivity index (χ4v) is 6.78. The van der Waals surface area contributed by atoms with Crippen LogP contribution in [0.1, 0.15) is 51.2 Å². The SMILES string of the molecule is CC(=O)OCC12C(O)CC(C)C3(CC(c4ccoc4)OC3=O)C1CC(O)CC21CO1. The number of furan rings is 1. The Kier molecular flexibility index (Phi) is 4.37. The van der Waals surface area contributed by atoms with Crippen molar-refractivity contribution in [2.75, 3.05) is 13.2 Å². The Balaban J connectivity index is 1.61. The van der Waals surface area contributed by atoms with Crippen LogP contribution in [0.3, 0.4) is 0 Å². The number of esters is 2. The van der Waals surface area contributed by atoms with Crippen LogP contribution in [-0.2, 0) is 23.8 Å². The third kappa shape index (κ3) is 2.50. The first kappa shape index (κ1) is 20.0. The molecule has 5 rings (SSSR count). The Labute approximate surface area is 174 Å². The third-order valence-electron chi connectivity index (χ3n) is 8.29. The zero-order valence-electron chi connectivity index (χ0n) is 17.2. The number of fused-ring (bicyclic) bond motifs is 3. The molecule has 1 aromatic heterocycles. The molecule has 8 nitrogen and oxygen atoms in total. The highest BCUT2D eigenvalue weighted by Gasteiger charge is 2.78. The predicted octanol–water partition coefficient (Wildman–Crippen LogP) is 1.74. The van der Waals surface area contributed by atoms with E-state index in [0.29, 0.717) is 32.3 Å². The van der Waals surface area contributed by atoms with Crippen LogP contribution in [0.2, 0.25) is 0 Å². The van der Waals surface area contributed by atoms with Gasteiger partial charge in [0.2, 0.25) is 0 Å². The van der Waals surface area contributed by atoms with Crippen LogP contribution in [-0.4, -0.2) is 53.2 Å². The molecule has 8 atom stereocenters. The molecule has 2 saturated heterocycles. The van der Waals surface area contributed by atoms with Crippen LogP contribution in [0, 0.1) is 22.7 Å². The Bertz CT molecular complexity index is 845. The van der Waals surface area contributed by atoms with Gasteiger partial charge in [-0.1, -0.05) is 6.92 Å². The van der Waals surface area contributed by atoms with Gasteiger partial charge in [0, 0.05) is 25.3 Å². The summed E-state index contributed by atoms with van der Waals surface area (Å²) in [6.07, 6.45) is 2.65. The molecule has 2 saturated carbocycles. The lowest BCUT2D eigenvalue weighted by Gasteiger charge is -2.61. The lowest BCUT2D eigenvalue weighted by molar-refractivity contribution is -0.230. The number of hydrogen-bond donors (Lipinski definition) is 2. The molecule has 4 aliphatic rings. The largest absolute Gasteiger partial charge is 0.472 e. The minimum absolute atomic E-state index is 0.0426. The maximum Gasteiger partial charge on any atom is 0.313 e. The molecule has 30 heavy (non-hydrogen) atoms. The summed E-state index contributed by atoms with van der Waals surface area (Å²) in [6.45, 7) is 3.61. The summed E-state index contributed by atoms with van der Waals surface area (Å²) in [6, 6.07) is 1.78. The van der Waals surface area contributed by atoms with Crippen molar-refractivity contribution >= 4 is 11.9 Å². The molecule has 0 bridgehead atoms. The van der Waals surface area contributed by atoms with Crippen molar-refractivity contribution in [1.82, 2.24) is 0 Å². The second kappa shape index (κ2) is 6.55. The van der Waals surface area contributed by atoms with Gasteiger partial charge in [0.15, 0.2) is 0 Å². The van der Waals surface area contributed by atoms with Gasteiger partial charge in [-0.25, -0.2) is 0 Å². The smallest absolute Gasteiger partial charge is 0.313 e. The maximum absolute atomic E-state index is 13.5. The minimum atomic E-state index is -0.964. The van der Waals surface area contributed by atoms with Crippen molar-refractivity contribution in [1.29, 1.82) is 0 Å². The zero-order chi connectivity index (χ0) is 21.3. The number of ether oxygens (including phenoxy) is 3. The van der Waals surface area contributed by atoms with E-state index in [-0.39, 0.29) is 18.5 Å². The van der Waals surface area contributed by atoms with E-state index in [2.05, 4.69) is 0 Å². The van der Waals surface area contributed by atoms with Gasteiger partial charge in [-0.15, -0.1) is 0 Å². The van der Waals surface area contributed by atoms with Crippen molar-refractivity contribution < 1.29 is 38.4 Å². The molecule has 1 aromatic rings. The van der Waals surface area contributed by atoms with E-state index in [9.17, 15) is 19.8 Å². The summed E-state index contributed by atoms with van der Waals surface area (Å²) < 4.78 is 22.4. The molecular weight excluding hydrogens is 392 g/mol. The quantitative estimate of drug-likeness (QED) is 0.561. The fraction of sp³-hybridized carbons (Fsp3) is 0.727. The first-order chi connectivity index (χ1) is 14.2. The van der Waals surface area contributed by atoms with Gasteiger partial charge in [-0.3, -0.25) is 9.59 Å². The summed E-state index contributed by atoms with van der Waals surface area (Å²) in [5.41, 5.74) is -1.89. The number of cyclic esters (lactones) is 1. The minimum Gasteiger partial charge on any atom is -0.472 e. The summed E-state index contributed by atoms with van der Waals surface area (Å²) >= 11 is 0. The molecular formula is C22H28O8. The zero-order valence-corrected chi connectivity index (χ0v) is 17.2. The van der Waals surface area contributed by atoms with Gasteiger partial charge in [-0.2, -0.15) is 0 Å². The molecule has 2 aliphatic heterocycles. The Morgan fingerprint density at radius 3 is 2.70 bits per heavy atom. The molecule has 0 aromatic carbocycles. The van der Waals surface area contributed by atoms with Crippen LogP contribution in [0.15, 0.2) is 23.0 Å². The normalized spacial score (nSPS) is 47.2. The monoisotopic (exact) mass is 420 g/mol. The van der Waals surface area contributed by atoms with Gasteiger partial charge in [0.25, 0.3) is 0 Å². The second-order valence-corrected chi connectivity index (χ2v) is 9.60. The number of aliphatic hydroxyl groups is 2. The first-order valence-corrected chi connectivity index (χ1v) is 10.6. The van der Waals surface area contributed by atoms with Gasteiger partial charge in [0.1, 0.15) is 18.3 Å². The predicted molar refractivity (Wildman–Crippen MR) is 101 cm³/mol. The van der Waals surface area contributed by atoms with E-state index in [1.54, 1.807) is 18.6 Å². The highest BCUT2D eigenvalue weighted by atomic mass is 16.6. The lowest BCUT2D eigenvalue weighted by Crippen LogP contribution is -2.69. The summed E-state index contributed by atoms with van der Waals surface area (Å²) in [4.78, 5) is 25.2. The molecule has 2 aliphatic carbocycles. The topological polar surface area (TPSA) is 119 Å². The maximum atomic E-state index is 13.5. The van der Waals surface area contributed by atoms with Gasteiger partial charge >= 0.3 is 11.9 Å². The van der Waals surface area contributed by atoms with E-state index < -0.39 is 46.6 Å². The van der Waals surface area contributed by atoms with Crippen molar-refractivity contribution in [3.8, 4) is 0 Å². The highest BCUT2D eigenvalue weighted by molar-refractivity contribution is 5.81. The molecule has 0 amide bonds. The second-order valence-electron chi connectivity index (χ2n) is 9.60. The van der Waals surface area contributed by atoms with E-state index in [0.717, 1.165) is 5.56 Å². The molecule has 4 fully saturated rings. The Hall–Kier alpha value is -1.90. The fourth-order valence-electron chi connectivity index (χ4n) is 6.78. The van der Waals surface area contributed by atoms with Crippen molar-refractivity contribution in [2.24, 2.45) is 22.7 Å². The number of rotatable bonds is 3. The molecule has 2 spiro atoms. The molecule has 164 valence electrons. The van der Waals surface area contributed by atoms with E-state index >= 15 is 0 Å². The van der Waals surface area contributed by atoms with Crippen molar-refractivity contribution in [2.45, 2.75) is 63.4 Å². The number of carbonyl (C=O) groups excluding carboxylic acids is 2. The molecule has 3 heterocycles. The number of epoxide rings is 1. The van der Waals surface area contributed by atoms with Crippen LogP contribution in [0.25, 0.3) is 0 Å². The van der Waals surface area contributed by atoms with Crippen LogP contribution < -0.4 is 0 Å². The van der Waals surface area contributed by atoms with E-state index in [1.807, 2.05) is 6.92 Å². The summed E-state index contributed by atoms with van der Waals surface area (Å²) in [7, 11) is 0. The van der Waals surface area contributed by atoms with E-state index in [4.69, 9.17) is 18.6 Å². The standard InChI is InChI=1S/C22H28O8/c1-12-5-18(25)22(11-28-13(2)23)17(6-15(24)7-20(22)10-29-20)21(12)8-16(30-19(21)26)14-3-4-27-9-14/h3-4,9,12,15-18,24-25H,5-8,10-11H2,1-2H3. The molecule has 8 unspecified atom stereocenters. The van der Waals surface area contributed by atoms with Crippen LogP contribution >= 0.6 is 0 Å². The Morgan fingerprint density at radius 2 is 2.07 bits per heavy atom.